The highest BCUT2D eigenvalue weighted by Crippen LogP contribution is 2.20. The fourth-order valence-electron chi connectivity index (χ4n) is 3.28. The Morgan fingerprint density at radius 2 is 1.84 bits per heavy atom. The first-order chi connectivity index (χ1) is 15.3. The minimum Gasteiger partial charge on any atom is -0.344 e. The van der Waals surface area contributed by atoms with E-state index in [9.17, 15) is 18.4 Å². The van der Waals surface area contributed by atoms with Crippen molar-refractivity contribution in [3.05, 3.63) is 46.5 Å². The number of amides is 2. The maximum Gasteiger partial charge on any atom is 0.248 e. The Labute approximate surface area is 192 Å². The molecule has 0 radical (unpaired) electrons. The topological polar surface area (TPSA) is 74.3 Å². The van der Waals surface area contributed by atoms with E-state index in [0.717, 1.165) is 55.6 Å². The van der Waals surface area contributed by atoms with Gasteiger partial charge in [-0.2, -0.15) is 0 Å². The summed E-state index contributed by atoms with van der Waals surface area (Å²) in [7, 11) is 0. The highest BCUT2D eigenvalue weighted by atomic mass is 32.1. The normalized spacial score (nSPS) is 12.1. The average molecular weight is 467 g/mol. The maximum atomic E-state index is 13.4. The van der Waals surface area contributed by atoms with Crippen LogP contribution in [-0.4, -0.2) is 40.8 Å². The lowest BCUT2D eigenvalue weighted by atomic mass is 10.1. The molecule has 0 fully saturated rings. The van der Waals surface area contributed by atoms with Gasteiger partial charge in [-0.05, 0) is 43.6 Å². The predicted molar refractivity (Wildman–Crippen MR) is 124 cm³/mol. The van der Waals surface area contributed by atoms with Crippen LogP contribution < -0.4 is 10.6 Å². The molecule has 2 N–H and O–H groups in total. The Bertz CT molecular complexity index is 870. The molecule has 2 rings (SSSR count). The molecule has 9 heteroatoms. The minimum atomic E-state index is -0.755. The summed E-state index contributed by atoms with van der Waals surface area (Å²) >= 11 is 1.42. The number of benzene rings is 1. The molecule has 2 aromatic rings. The molecule has 0 spiro atoms. The number of anilines is 1. The summed E-state index contributed by atoms with van der Waals surface area (Å²) in [4.78, 5) is 32.8. The highest BCUT2D eigenvalue weighted by molar-refractivity contribution is 7.15. The molecule has 1 heterocycles. The fourth-order valence-corrected chi connectivity index (χ4v) is 4.14. The molecule has 176 valence electrons. The molecule has 2 amide bonds. The van der Waals surface area contributed by atoms with Gasteiger partial charge in [0.1, 0.15) is 17.7 Å². The van der Waals surface area contributed by atoms with Crippen LogP contribution in [0.4, 0.5) is 13.9 Å². The van der Waals surface area contributed by atoms with Crippen LogP contribution in [0.1, 0.15) is 56.9 Å². The van der Waals surface area contributed by atoms with Crippen LogP contribution in [0.25, 0.3) is 0 Å². The van der Waals surface area contributed by atoms with Gasteiger partial charge in [-0.25, -0.2) is 13.8 Å². The van der Waals surface area contributed by atoms with E-state index in [2.05, 4.69) is 34.4 Å². The van der Waals surface area contributed by atoms with Crippen molar-refractivity contribution in [2.45, 2.75) is 65.5 Å². The quantitative estimate of drug-likeness (QED) is 0.456. The van der Waals surface area contributed by atoms with E-state index in [-0.39, 0.29) is 17.9 Å². The number of nitrogens with one attached hydrogen (secondary N) is 2. The Balaban J connectivity index is 1.95. The van der Waals surface area contributed by atoms with Crippen LogP contribution in [0.15, 0.2) is 24.4 Å². The highest BCUT2D eigenvalue weighted by Gasteiger charge is 2.21. The van der Waals surface area contributed by atoms with Crippen LogP contribution in [0, 0.1) is 11.6 Å². The number of thiazole rings is 1. The van der Waals surface area contributed by atoms with Gasteiger partial charge in [0, 0.05) is 23.7 Å². The van der Waals surface area contributed by atoms with Gasteiger partial charge in [-0.15, -0.1) is 11.3 Å². The molecule has 6 nitrogen and oxygen atoms in total. The Morgan fingerprint density at radius 3 is 2.47 bits per heavy atom. The number of rotatable bonds is 13. The van der Waals surface area contributed by atoms with Crippen molar-refractivity contribution in [1.29, 1.82) is 0 Å². The Kier molecular flexibility index (Phi) is 10.7. The lowest BCUT2D eigenvalue weighted by Gasteiger charge is -2.18. The molecule has 1 unspecified atom stereocenters. The fraction of sp³-hybridized carbons (Fsp3) is 0.522. The second-order valence-corrected chi connectivity index (χ2v) is 8.82. The summed E-state index contributed by atoms with van der Waals surface area (Å²) in [5, 5.41) is 5.94. The molecule has 0 aliphatic carbocycles. The Morgan fingerprint density at radius 1 is 1.12 bits per heavy atom. The average Bonchev–Trinajstić information content (AvgIpc) is 3.16. The number of nitrogens with zero attached hydrogens (tertiary/aromatic N) is 2. The van der Waals surface area contributed by atoms with Crippen molar-refractivity contribution >= 4 is 28.3 Å². The van der Waals surface area contributed by atoms with Crippen molar-refractivity contribution in [3.63, 3.8) is 0 Å². The number of aromatic nitrogens is 1. The molecule has 1 atom stereocenters. The van der Waals surface area contributed by atoms with E-state index < -0.39 is 23.6 Å². The minimum absolute atomic E-state index is 0.212. The molecule has 0 saturated heterocycles. The van der Waals surface area contributed by atoms with E-state index in [1.165, 1.54) is 11.3 Å². The Hall–Kier alpha value is -2.39. The van der Waals surface area contributed by atoms with Gasteiger partial charge in [-0.1, -0.05) is 33.6 Å². The number of carbonyl (C=O) groups is 2. The van der Waals surface area contributed by atoms with Gasteiger partial charge in [0.2, 0.25) is 11.8 Å². The third kappa shape index (κ3) is 8.63. The number of carbonyl (C=O) groups excluding carboxylic acids is 2. The third-order valence-electron chi connectivity index (χ3n) is 4.95. The van der Waals surface area contributed by atoms with Gasteiger partial charge in [0.15, 0.2) is 5.13 Å². The molecule has 32 heavy (non-hydrogen) atoms. The first-order valence-electron chi connectivity index (χ1n) is 11.1. The summed E-state index contributed by atoms with van der Waals surface area (Å²) in [6.07, 6.45) is 4.94. The summed E-state index contributed by atoms with van der Waals surface area (Å²) in [5.41, 5.74) is 0.212. The van der Waals surface area contributed by atoms with Crippen LogP contribution in [0.5, 0.6) is 0 Å². The van der Waals surface area contributed by atoms with Crippen LogP contribution in [0.3, 0.4) is 0 Å². The summed E-state index contributed by atoms with van der Waals surface area (Å²) < 4.78 is 26.7. The van der Waals surface area contributed by atoms with Crippen molar-refractivity contribution < 1.29 is 18.4 Å². The van der Waals surface area contributed by atoms with Crippen LogP contribution >= 0.6 is 11.3 Å². The van der Waals surface area contributed by atoms with Gasteiger partial charge in [-0.3, -0.25) is 14.5 Å². The second-order valence-electron chi connectivity index (χ2n) is 7.71. The first-order valence-corrected chi connectivity index (χ1v) is 11.9. The second kappa shape index (κ2) is 13.2. The largest absolute Gasteiger partial charge is 0.344 e. The van der Waals surface area contributed by atoms with E-state index in [1.54, 1.807) is 6.20 Å². The van der Waals surface area contributed by atoms with E-state index in [1.807, 2.05) is 6.92 Å². The zero-order valence-electron chi connectivity index (χ0n) is 18.9. The standard InChI is InChI=1S/C23H32F2N4O2S/c1-4-7-9-29(6-3)15-19-14-26-23(32-19)28-22(31)20(8-5-2)27-21(30)12-16-10-17(24)13-18(25)11-16/h10-11,13-14,20H,4-9,12,15H2,1-3H3,(H,27,30)(H,26,28,31). The van der Waals surface area contributed by atoms with E-state index in [4.69, 9.17) is 0 Å². The van der Waals surface area contributed by atoms with Crippen LogP contribution in [-0.2, 0) is 22.6 Å². The predicted octanol–water partition coefficient (Wildman–Crippen LogP) is 4.51. The summed E-state index contributed by atoms with van der Waals surface area (Å²) in [6, 6.07) is 2.21. The number of hydrogen-bond acceptors (Lipinski definition) is 5. The summed E-state index contributed by atoms with van der Waals surface area (Å²) in [6.45, 7) is 8.94. The van der Waals surface area contributed by atoms with Crippen molar-refractivity contribution in [3.8, 4) is 0 Å². The lowest BCUT2D eigenvalue weighted by molar-refractivity contribution is -0.126. The summed E-state index contributed by atoms with van der Waals surface area (Å²) in [5.74, 6) is -2.32. The lowest BCUT2D eigenvalue weighted by Crippen LogP contribution is -2.44. The molecular weight excluding hydrogens is 434 g/mol. The number of unbranched alkanes of at least 4 members (excludes halogenated alkanes) is 1. The van der Waals surface area contributed by atoms with Crippen molar-refractivity contribution in [1.82, 2.24) is 15.2 Å². The SMILES string of the molecule is CCCCN(CC)Cc1cnc(NC(=O)C(CCC)NC(=O)Cc2cc(F)cc(F)c2)s1. The number of halogens is 2. The maximum absolute atomic E-state index is 13.4. The molecular formula is C23H32F2N4O2S. The third-order valence-corrected chi connectivity index (χ3v) is 5.85. The van der Waals surface area contributed by atoms with Crippen LogP contribution in [0.2, 0.25) is 0 Å². The molecule has 1 aromatic heterocycles. The smallest absolute Gasteiger partial charge is 0.248 e. The molecule has 0 aliphatic heterocycles. The van der Waals surface area contributed by atoms with Crippen molar-refractivity contribution in [2.24, 2.45) is 0 Å². The zero-order chi connectivity index (χ0) is 23.5. The molecule has 0 bridgehead atoms. The van der Waals surface area contributed by atoms with Gasteiger partial charge < -0.3 is 10.6 Å². The number of hydrogen-bond donors (Lipinski definition) is 2. The monoisotopic (exact) mass is 466 g/mol. The van der Waals surface area contributed by atoms with E-state index in [0.29, 0.717) is 18.0 Å². The molecule has 0 saturated carbocycles. The van der Waals surface area contributed by atoms with Gasteiger partial charge in [0.25, 0.3) is 0 Å². The van der Waals surface area contributed by atoms with Gasteiger partial charge in [0.05, 0.1) is 6.42 Å². The van der Waals surface area contributed by atoms with E-state index >= 15 is 0 Å². The van der Waals surface area contributed by atoms with Gasteiger partial charge >= 0.3 is 0 Å². The molecule has 1 aromatic carbocycles. The first kappa shape index (κ1) is 25.9. The molecule has 0 aliphatic rings. The van der Waals surface area contributed by atoms with Crippen molar-refractivity contribution in [2.75, 3.05) is 18.4 Å². The zero-order valence-corrected chi connectivity index (χ0v) is 19.7.